The van der Waals surface area contributed by atoms with Gasteiger partial charge in [-0.1, -0.05) is 19.1 Å². The fraction of sp³-hybridized carbons (Fsp3) is 0.450. The van der Waals surface area contributed by atoms with E-state index in [1.54, 1.807) is 19.1 Å². The molecule has 0 bridgehead atoms. The van der Waals surface area contributed by atoms with Gasteiger partial charge in [0, 0.05) is 37.1 Å². The minimum Gasteiger partial charge on any atom is -0.493 e. The first-order valence-corrected chi connectivity index (χ1v) is 9.09. The maximum atomic E-state index is 12.1. The van der Waals surface area contributed by atoms with Gasteiger partial charge in [0.1, 0.15) is 11.6 Å². The third kappa shape index (κ3) is 5.92. The standard InChI is InChI=1S/C20H26N2O5/c1-4-18-21-13(3)16(19(23)22-18)10-11-27-15-8-6-14(7-9-15)12-17(20(24)25)26-5-2/h6-9,17H,4-5,10-12H2,1-3H3,(H,24,25)(H,21,22,23). The van der Waals surface area contributed by atoms with Crippen molar-refractivity contribution in [2.75, 3.05) is 13.2 Å². The normalized spacial score (nSPS) is 12.0. The lowest BCUT2D eigenvalue weighted by Gasteiger charge is -2.13. The summed E-state index contributed by atoms with van der Waals surface area (Å²) in [4.78, 5) is 30.4. The van der Waals surface area contributed by atoms with Gasteiger partial charge >= 0.3 is 5.97 Å². The molecule has 0 radical (unpaired) electrons. The number of aryl methyl sites for hydroxylation is 2. The summed E-state index contributed by atoms with van der Waals surface area (Å²) < 4.78 is 10.9. The van der Waals surface area contributed by atoms with Crippen LogP contribution in [0.5, 0.6) is 5.75 Å². The number of carboxylic acid groups (broad SMARTS) is 1. The average Bonchev–Trinajstić information content (AvgIpc) is 2.64. The zero-order valence-corrected chi connectivity index (χ0v) is 15.9. The molecule has 0 aliphatic carbocycles. The van der Waals surface area contributed by atoms with Gasteiger partial charge < -0.3 is 19.6 Å². The number of ether oxygens (including phenoxy) is 2. The molecule has 0 aliphatic heterocycles. The molecule has 0 aliphatic rings. The summed E-state index contributed by atoms with van der Waals surface area (Å²) in [5, 5.41) is 9.14. The van der Waals surface area contributed by atoms with Crippen LogP contribution in [0.15, 0.2) is 29.1 Å². The van der Waals surface area contributed by atoms with Crippen LogP contribution in [0.25, 0.3) is 0 Å². The Hall–Kier alpha value is -2.67. The molecule has 0 fully saturated rings. The first-order valence-electron chi connectivity index (χ1n) is 9.09. The van der Waals surface area contributed by atoms with Crippen molar-refractivity contribution in [3.63, 3.8) is 0 Å². The third-order valence-corrected chi connectivity index (χ3v) is 4.21. The molecule has 27 heavy (non-hydrogen) atoms. The van der Waals surface area contributed by atoms with Crippen LogP contribution in [0.2, 0.25) is 0 Å². The van der Waals surface area contributed by atoms with Crippen molar-refractivity contribution < 1.29 is 19.4 Å². The number of carboxylic acids is 1. The quantitative estimate of drug-likeness (QED) is 0.662. The van der Waals surface area contributed by atoms with E-state index < -0.39 is 12.1 Å². The molecular formula is C20H26N2O5. The molecule has 1 aromatic carbocycles. The smallest absolute Gasteiger partial charge is 0.333 e. The van der Waals surface area contributed by atoms with E-state index in [-0.39, 0.29) is 5.56 Å². The van der Waals surface area contributed by atoms with Crippen molar-refractivity contribution in [3.05, 3.63) is 57.3 Å². The Morgan fingerprint density at radius 2 is 1.96 bits per heavy atom. The van der Waals surface area contributed by atoms with Crippen LogP contribution in [0, 0.1) is 6.92 Å². The minimum atomic E-state index is -0.972. The largest absolute Gasteiger partial charge is 0.493 e. The Balaban J connectivity index is 1.92. The van der Waals surface area contributed by atoms with Crippen molar-refractivity contribution in [2.45, 2.75) is 46.1 Å². The van der Waals surface area contributed by atoms with Gasteiger partial charge in [-0.25, -0.2) is 9.78 Å². The highest BCUT2D eigenvalue weighted by molar-refractivity contribution is 5.72. The van der Waals surface area contributed by atoms with Crippen molar-refractivity contribution >= 4 is 5.97 Å². The molecule has 7 nitrogen and oxygen atoms in total. The Morgan fingerprint density at radius 3 is 2.52 bits per heavy atom. The van der Waals surface area contributed by atoms with Crippen LogP contribution in [0.1, 0.15) is 36.5 Å². The van der Waals surface area contributed by atoms with Crippen LogP contribution in [-0.2, 0) is 28.8 Å². The van der Waals surface area contributed by atoms with Crippen LogP contribution in [-0.4, -0.2) is 40.4 Å². The van der Waals surface area contributed by atoms with Crippen LogP contribution < -0.4 is 10.3 Å². The molecule has 2 aromatic rings. The van der Waals surface area contributed by atoms with E-state index in [9.17, 15) is 9.59 Å². The highest BCUT2D eigenvalue weighted by atomic mass is 16.5. The Kier molecular flexibility index (Phi) is 7.55. The number of carbonyl (C=O) groups is 1. The SMILES string of the molecule is CCOC(Cc1ccc(OCCc2c(C)nc(CC)[nH]c2=O)cc1)C(=O)O. The molecule has 0 spiro atoms. The summed E-state index contributed by atoms with van der Waals surface area (Å²) in [6.45, 7) is 6.25. The first kappa shape index (κ1) is 20.6. The van der Waals surface area contributed by atoms with Crippen molar-refractivity contribution in [3.8, 4) is 5.75 Å². The fourth-order valence-electron chi connectivity index (χ4n) is 2.76. The van der Waals surface area contributed by atoms with E-state index >= 15 is 0 Å². The van der Waals surface area contributed by atoms with Crippen LogP contribution >= 0.6 is 0 Å². The average molecular weight is 374 g/mol. The Bertz CT molecular complexity index is 814. The van der Waals surface area contributed by atoms with E-state index in [0.29, 0.717) is 49.6 Å². The van der Waals surface area contributed by atoms with E-state index in [1.807, 2.05) is 26.0 Å². The fourth-order valence-corrected chi connectivity index (χ4v) is 2.76. The summed E-state index contributed by atoms with van der Waals surface area (Å²) in [7, 11) is 0. The second kappa shape index (κ2) is 9.87. The van der Waals surface area contributed by atoms with E-state index in [4.69, 9.17) is 14.6 Å². The molecule has 2 N–H and O–H groups in total. The van der Waals surface area contributed by atoms with E-state index in [0.717, 1.165) is 11.3 Å². The van der Waals surface area contributed by atoms with Gasteiger partial charge in [-0.05, 0) is 31.5 Å². The zero-order chi connectivity index (χ0) is 19.8. The minimum absolute atomic E-state index is 0.117. The lowest BCUT2D eigenvalue weighted by Crippen LogP contribution is -2.26. The predicted octanol–water partition coefficient (Wildman–Crippen LogP) is 2.29. The Morgan fingerprint density at radius 1 is 1.26 bits per heavy atom. The second-order valence-electron chi connectivity index (χ2n) is 6.16. The van der Waals surface area contributed by atoms with Crippen LogP contribution in [0.3, 0.4) is 0 Å². The predicted molar refractivity (Wildman–Crippen MR) is 101 cm³/mol. The molecule has 1 heterocycles. The van der Waals surface area contributed by atoms with Crippen molar-refractivity contribution in [1.29, 1.82) is 0 Å². The number of hydrogen-bond acceptors (Lipinski definition) is 5. The summed E-state index contributed by atoms with van der Waals surface area (Å²) in [6, 6.07) is 7.21. The summed E-state index contributed by atoms with van der Waals surface area (Å²) in [5.74, 6) is 0.374. The maximum Gasteiger partial charge on any atom is 0.333 e. The van der Waals surface area contributed by atoms with Gasteiger partial charge in [0.15, 0.2) is 6.10 Å². The molecule has 0 saturated carbocycles. The number of rotatable bonds is 10. The topological polar surface area (TPSA) is 102 Å². The maximum absolute atomic E-state index is 12.1. The number of benzene rings is 1. The lowest BCUT2D eigenvalue weighted by atomic mass is 10.1. The molecule has 0 saturated heterocycles. The Labute approximate surface area is 158 Å². The van der Waals surface area contributed by atoms with Gasteiger partial charge in [0.2, 0.25) is 0 Å². The molecule has 1 unspecified atom stereocenters. The molecule has 1 atom stereocenters. The lowest BCUT2D eigenvalue weighted by molar-refractivity contribution is -0.149. The molecule has 0 amide bonds. The zero-order valence-electron chi connectivity index (χ0n) is 15.9. The van der Waals surface area contributed by atoms with Gasteiger partial charge in [-0.3, -0.25) is 4.79 Å². The van der Waals surface area contributed by atoms with Crippen LogP contribution in [0.4, 0.5) is 0 Å². The van der Waals surface area contributed by atoms with Gasteiger partial charge in [-0.15, -0.1) is 0 Å². The summed E-state index contributed by atoms with van der Waals surface area (Å²) in [6.07, 6.45) is 0.597. The van der Waals surface area contributed by atoms with Gasteiger partial charge in [0.25, 0.3) is 5.56 Å². The molecule has 7 heteroatoms. The number of H-pyrrole nitrogens is 1. The van der Waals surface area contributed by atoms with Gasteiger partial charge in [-0.2, -0.15) is 0 Å². The summed E-state index contributed by atoms with van der Waals surface area (Å²) in [5.41, 5.74) is 2.10. The summed E-state index contributed by atoms with van der Waals surface area (Å²) >= 11 is 0. The molecular weight excluding hydrogens is 348 g/mol. The molecule has 2 rings (SSSR count). The number of aromatic nitrogens is 2. The number of hydrogen-bond donors (Lipinski definition) is 2. The second-order valence-corrected chi connectivity index (χ2v) is 6.16. The number of aliphatic carboxylic acids is 1. The molecule has 146 valence electrons. The van der Waals surface area contributed by atoms with Gasteiger partial charge in [0.05, 0.1) is 6.61 Å². The molecule has 1 aromatic heterocycles. The number of nitrogens with zero attached hydrogens (tertiary/aromatic N) is 1. The highest BCUT2D eigenvalue weighted by Gasteiger charge is 2.17. The van der Waals surface area contributed by atoms with Crippen molar-refractivity contribution in [1.82, 2.24) is 9.97 Å². The van der Waals surface area contributed by atoms with E-state index in [1.165, 1.54) is 0 Å². The third-order valence-electron chi connectivity index (χ3n) is 4.21. The number of nitrogens with one attached hydrogen (secondary N) is 1. The first-order chi connectivity index (χ1) is 12.9. The van der Waals surface area contributed by atoms with E-state index in [2.05, 4.69) is 9.97 Å². The van der Waals surface area contributed by atoms with Crippen molar-refractivity contribution in [2.24, 2.45) is 0 Å². The monoisotopic (exact) mass is 374 g/mol. The number of aromatic amines is 1. The highest BCUT2D eigenvalue weighted by Crippen LogP contribution is 2.15.